The summed E-state index contributed by atoms with van der Waals surface area (Å²) in [5.74, 6) is -2.47. The van der Waals surface area contributed by atoms with Gasteiger partial charge in [0.25, 0.3) is 0 Å². The molecule has 0 unspecified atom stereocenters. The molecule has 0 aliphatic heterocycles. The van der Waals surface area contributed by atoms with Crippen LogP contribution in [0.5, 0.6) is 0 Å². The zero-order valence-electron chi connectivity index (χ0n) is 15.2. The number of carbonyl (C=O) groups is 2. The molecular formula is C21H20O6. The van der Waals surface area contributed by atoms with E-state index >= 15 is 0 Å². The van der Waals surface area contributed by atoms with Gasteiger partial charge in [-0.2, -0.15) is 0 Å². The molecule has 0 fully saturated rings. The maximum absolute atomic E-state index is 12.3. The molecule has 0 bridgehead atoms. The first-order valence-corrected chi connectivity index (χ1v) is 8.82. The third kappa shape index (κ3) is 3.84. The van der Waals surface area contributed by atoms with Gasteiger partial charge in [-0.1, -0.05) is 36.4 Å². The van der Waals surface area contributed by atoms with Crippen LogP contribution in [-0.4, -0.2) is 25.2 Å². The normalized spacial score (nSPS) is 11.1. The van der Waals surface area contributed by atoms with Crippen molar-refractivity contribution in [2.75, 3.05) is 13.2 Å². The Bertz CT molecular complexity index is 1030. The summed E-state index contributed by atoms with van der Waals surface area (Å²) in [6.45, 7) is 3.63. The molecule has 0 spiro atoms. The van der Waals surface area contributed by atoms with Crippen molar-refractivity contribution < 1.29 is 23.5 Å². The quantitative estimate of drug-likeness (QED) is 0.287. The van der Waals surface area contributed by atoms with E-state index in [1.807, 2.05) is 36.4 Å². The van der Waals surface area contributed by atoms with E-state index in [9.17, 15) is 14.4 Å². The molecule has 1 heterocycles. The molecule has 0 radical (unpaired) electrons. The van der Waals surface area contributed by atoms with Gasteiger partial charge < -0.3 is 13.9 Å². The van der Waals surface area contributed by atoms with Crippen molar-refractivity contribution in [1.29, 1.82) is 0 Å². The van der Waals surface area contributed by atoms with Crippen LogP contribution in [0.4, 0.5) is 0 Å². The van der Waals surface area contributed by atoms with Crippen molar-refractivity contribution in [2.45, 2.75) is 20.3 Å². The number of hydrogen-bond acceptors (Lipinski definition) is 6. The van der Waals surface area contributed by atoms with Gasteiger partial charge in [0.1, 0.15) is 5.58 Å². The number of benzene rings is 2. The second-order valence-corrected chi connectivity index (χ2v) is 6.01. The van der Waals surface area contributed by atoms with Crippen molar-refractivity contribution in [1.82, 2.24) is 0 Å². The Morgan fingerprint density at radius 2 is 1.63 bits per heavy atom. The predicted octanol–water partition coefficient (Wildman–Crippen LogP) is 3.23. The van der Waals surface area contributed by atoms with Crippen molar-refractivity contribution in [3.63, 3.8) is 0 Å². The minimum Gasteiger partial charge on any atom is -0.465 e. The van der Waals surface area contributed by atoms with Crippen molar-refractivity contribution in [3.05, 3.63) is 58.4 Å². The molecule has 6 nitrogen and oxygen atoms in total. The van der Waals surface area contributed by atoms with Gasteiger partial charge in [0.15, 0.2) is 5.92 Å². The van der Waals surface area contributed by atoms with Gasteiger partial charge in [-0.3, -0.25) is 9.59 Å². The Morgan fingerprint density at radius 3 is 2.30 bits per heavy atom. The zero-order valence-corrected chi connectivity index (χ0v) is 15.2. The van der Waals surface area contributed by atoms with Crippen molar-refractivity contribution in [2.24, 2.45) is 5.92 Å². The molecule has 140 valence electrons. The summed E-state index contributed by atoms with van der Waals surface area (Å²) < 4.78 is 15.5. The average Bonchev–Trinajstić information content (AvgIpc) is 2.66. The minimum absolute atomic E-state index is 0.00188. The van der Waals surface area contributed by atoms with Crippen LogP contribution in [0.2, 0.25) is 0 Å². The van der Waals surface area contributed by atoms with Crippen molar-refractivity contribution in [3.8, 4) is 0 Å². The Balaban J connectivity index is 2.11. The molecule has 0 amide bonds. The second-order valence-electron chi connectivity index (χ2n) is 6.01. The van der Waals surface area contributed by atoms with Gasteiger partial charge in [0, 0.05) is 16.8 Å². The number of fused-ring (bicyclic) bond motifs is 3. The van der Waals surface area contributed by atoms with Crippen LogP contribution >= 0.6 is 0 Å². The van der Waals surface area contributed by atoms with Crippen LogP contribution in [-0.2, 0) is 25.5 Å². The molecule has 0 saturated carbocycles. The fourth-order valence-corrected chi connectivity index (χ4v) is 3.09. The van der Waals surface area contributed by atoms with E-state index in [0.29, 0.717) is 16.5 Å². The molecule has 1 aromatic heterocycles. The third-order valence-corrected chi connectivity index (χ3v) is 4.29. The summed E-state index contributed by atoms with van der Waals surface area (Å²) in [5, 5.41) is 2.39. The number of carbonyl (C=O) groups excluding carboxylic acids is 2. The average molecular weight is 368 g/mol. The summed E-state index contributed by atoms with van der Waals surface area (Å²) in [7, 11) is 0. The topological polar surface area (TPSA) is 82.8 Å². The number of esters is 2. The summed E-state index contributed by atoms with van der Waals surface area (Å²) >= 11 is 0. The highest BCUT2D eigenvalue weighted by atomic mass is 16.6. The lowest BCUT2D eigenvalue weighted by molar-refractivity contribution is -0.161. The lowest BCUT2D eigenvalue weighted by atomic mass is 9.95. The SMILES string of the molecule is CCOC(=O)C(Cc1cc(=O)oc2c1ccc1ccccc12)C(=O)OCC. The first kappa shape index (κ1) is 18.6. The summed E-state index contributed by atoms with van der Waals surface area (Å²) in [6.07, 6.45) is -0.00188. The Labute approximate surface area is 155 Å². The Hall–Kier alpha value is -3.15. The Kier molecular flexibility index (Phi) is 5.54. The third-order valence-electron chi connectivity index (χ3n) is 4.29. The van der Waals surface area contributed by atoms with Gasteiger partial charge in [0.05, 0.1) is 13.2 Å². The molecule has 27 heavy (non-hydrogen) atoms. The molecule has 0 saturated heterocycles. The van der Waals surface area contributed by atoms with E-state index < -0.39 is 23.5 Å². The van der Waals surface area contributed by atoms with Crippen LogP contribution in [0.1, 0.15) is 19.4 Å². The fourth-order valence-electron chi connectivity index (χ4n) is 3.09. The minimum atomic E-state index is -1.14. The zero-order chi connectivity index (χ0) is 19.4. The molecule has 0 aliphatic rings. The van der Waals surface area contributed by atoms with E-state index in [0.717, 1.165) is 10.8 Å². The van der Waals surface area contributed by atoms with E-state index in [2.05, 4.69) is 0 Å². The van der Waals surface area contributed by atoms with E-state index in [4.69, 9.17) is 13.9 Å². The van der Waals surface area contributed by atoms with Crippen molar-refractivity contribution >= 4 is 33.7 Å². The van der Waals surface area contributed by atoms with Gasteiger partial charge in [-0.25, -0.2) is 4.79 Å². The van der Waals surface area contributed by atoms with E-state index in [1.54, 1.807) is 13.8 Å². The summed E-state index contributed by atoms with van der Waals surface area (Å²) in [6, 6.07) is 12.6. The van der Waals surface area contributed by atoms with Crippen LogP contribution in [0.3, 0.4) is 0 Å². The van der Waals surface area contributed by atoms with Crippen LogP contribution in [0, 0.1) is 5.92 Å². The lowest BCUT2D eigenvalue weighted by Crippen LogP contribution is -2.30. The molecule has 6 heteroatoms. The van der Waals surface area contributed by atoms with Crippen LogP contribution in [0.25, 0.3) is 21.7 Å². The maximum Gasteiger partial charge on any atom is 0.336 e. The summed E-state index contributed by atoms with van der Waals surface area (Å²) in [4.78, 5) is 36.7. The Morgan fingerprint density at radius 1 is 0.963 bits per heavy atom. The highest BCUT2D eigenvalue weighted by Crippen LogP contribution is 2.28. The van der Waals surface area contributed by atoms with Gasteiger partial charge >= 0.3 is 17.6 Å². The molecule has 0 atom stereocenters. The van der Waals surface area contributed by atoms with Crippen LogP contribution in [0.15, 0.2) is 51.7 Å². The van der Waals surface area contributed by atoms with E-state index in [-0.39, 0.29) is 19.6 Å². The number of hydrogen-bond donors (Lipinski definition) is 0. The second kappa shape index (κ2) is 8.03. The first-order valence-electron chi connectivity index (χ1n) is 8.82. The predicted molar refractivity (Wildman–Crippen MR) is 100 cm³/mol. The largest absolute Gasteiger partial charge is 0.465 e. The first-order chi connectivity index (χ1) is 13.0. The van der Waals surface area contributed by atoms with Gasteiger partial charge in [-0.05, 0) is 31.2 Å². The van der Waals surface area contributed by atoms with Gasteiger partial charge in [0.2, 0.25) is 0 Å². The monoisotopic (exact) mass is 368 g/mol. The fraction of sp³-hybridized carbons (Fsp3) is 0.286. The molecule has 0 N–H and O–H groups in total. The van der Waals surface area contributed by atoms with Crippen LogP contribution < -0.4 is 5.63 Å². The highest BCUT2D eigenvalue weighted by Gasteiger charge is 2.30. The molecule has 3 aromatic rings. The lowest BCUT2D eigenvalue weighted by Gasteiger charge is -2.15. The molecule has 2 aromatic carbocycles. The number of rotatable bonds is 6. The van der Waals surface area contributed by atoms with E-state index in [1.165, 1.54) is 6.07 Å². The molecule has 3 rings (SSSR count). The smallest absolute Gasteiger partial charge is 0.336 e. The van der Waals surface area contributed by atoms with Gasteiger partial charge in [-0.15, -0.1) is 0 Å². The summed E-state index contributed by atoms with van der Waals surface area (Å²) in [5.41, 5.74) is 0.431. The standard InChI is InChI=1S/C21H20O6/c1-3-25-20(23)17(21(24)26-4-2)11-14-12-18(22)27-19-15-8-6-5-7-13(15)9-10-16(14)19/h5-10,12,17H,3-4,11H2,1-2H3. The molecular weight excluding hydrogens is 348 g/mol. The maximum atomic E-state index is 12.3. The highest BCUT2D eigenvalue weighted by molar-refractivity contribution is 6.05. The molecule has 0 aliphatic carbocycles. The number of ether oxygens (including phenoxy) is 2.